The number of hydrogen-bond donors (Lipinski definition) is 0. The molecule has 0 nitrogen and oxygen atoms in total. The molecular formula is C46H36. The molecule has 8 aromatic rings. The van der Waals surface area contributed by atoms with Crippen LogP contribution in [0.1, 0.15) is 33.4 Å². The fourth-order valence-corrected chi connectivity index (χ4v) is 8.03. The van der Waals surface area contributed by atoms with Crippen molar-refractivity contribution in [2.45, 2.75) is 27.7 Å². The average Bonchev–Trinajstić information content (AvgIpc) is 3.05. The lowest BCUT2D eigenvalue weighted by atomic mass is 9.80. The summed E-state index contributed by atoms with van der Waals surface area (Å²) in [5.41, 5.74) is 12.1. The van der Waals surface area contributed by atoms with E-state index >= 15 is 0 Å². The number of hydrogen-bond acceptors (Lipinski definition) is 0. The van der Waals surface area contributed by atoms with Gasteiger partial charge in [0.2, 0.25) is 0 Å². The molecule has 0 saturated carbocycles. The lowest BCUT2D eigenvalue weighted by Gasteiger charge is -2.23. The Hall–Kier alpha value is -5.46. The highest BCUT2D eigenvalue weighted by molar-refractivity contribution is 6.34. The van der Waals surface area contributed by atoms with Crippen molar-refractivity contribution in [3.63, 3.8) is 0 Å². The number of benzene rings is 8. The molecule has 0 N–H and O–H groups in total. The SMILES string of the molecule is C=Cc1c(C=C)c(-c2cc(C)cc(C)c2)c2cc3c(cc2c1-c1cc(C)cc(C)c1)c1ccccc1c1ccc2ccccc2c13. The molecule has 0 aliphatic carbocycles. The summed E-state index contributed by atoms with van der Waals surface area (Å²) in [5.74, 6) is 0. The van der Waals surface area contributed by atoms with Gasteiger partial charge in [-0.1, -0.05) is 145 Å². The van der Waals surface area contributed by atoms with Gasteiger partial charge >= 0.3 is 0 Å². The van der Waals surface area contributed by atoms with Crippen LogP contribution in [-0.2, 0) is 0 Å². The van der Waals surface area contributed by atoms with Gasteiger partial charge in [0.25, 0.3) is 0 Å². The second-order valence-corrected chi connectivity index (χ2v) is 12.9. The number of fused-ring (bicyclic) bond motifs is 9. The monoisotopic (exact) mass is 588 g/mol. The first-order chi connectivity index (χ1) is 22.4. The van der Waals surface area contributed by atoms with Gasteiger partial charge in [-0.15, -0.1) is 0 Å². The summed E-state index contributed by atoms with van der Waals surface area (Å²) < 4.78 is 0. The van der Waals surface area contributed by atoms with E-state index < -0.39 is 0 Å². The number of aryl methyl sites for hydroxylation is 4. The predicted octanol–water partition coefficient (Wildman–Crippen LogP) is 13.3. The minimum absolute atomic E-state index is 1.12. The minimum atomic E-state index is 1.12. The van der Waals surface area contributed by atoms with Crippen molar-refractivity contribution in [1.29, 1.82) is 0 Å². The van der Waals surface area contributed by atoms with E-state index in [2.05, 4.69) is 150 Å². The smallest absolute Gasteiger partial charge is 0.00201 e. The third-order valence-corrected chi connectivity index (χ3v) is 9.66. The summed E-state index contributed by atoms with van der Waals surface area (Å²) in [6, 6.07) is 41.0. The van der Waals surface area contributed by atoms with Crippen LogP contribution in [0.15, 0.2) is 122 Å². The van der Waals surface area contributed by atoms with Crippen molar-refractivity contribution in [2.24, 2.45) is 0 Å². The molecule has 0 radical (unpaired) electrons. The molecule has 0 unspecified atom stereocenters. The Morgan fingerprint density at radius 2 is 0.848 bits per heavy atom. The summed E-state index contributed by atoms with van der Waals surface area (Å²) in [7, 11) is 0. The molecule has 220 valence electrons. The Morgan fingerprint density at radius 3 is 1.37 bits per heavy atom. The molecule has 0 amide bonds. The molecule has 8 rings (SSSR count). The van der Waals surface area contributed by atoms with Gasteiger partial charge in [-0.25, -0.2) is 0 Å². The van der Waals surface area contributed by atoms with Crippen LogP contribution in [0.3, 0.4) is 0 Å². The normalized spacial score (nSPS) is 11.7. The van der Waals surface area contributed by atoms with Crippen LogP contribution in [0, 0.1) is 27.7 Å². The van der Waals surface area contributed by atoms with E-state index in [1.807, 2.05) is 12.2 Å². The predicted molar refractivity (Wildman–Crippen MR) is 204 cm³/mol. The van der Waals surface area contributed by atoms with Crippen LogP contribution in [0.25, 0.3) is 88.3 Å². The highest BCUT2D eigenvalue weighted by Gasteiger charge is 2.22. The molecule has 0 fully saturated rings. The Morgan fingerprint density at radius 1 is 0.391 bits per heavy atom. The molecule has 0 heterocycles. The van der Waals surface area contributed by atoms with E-state index in [1.165, 1.54) is 98.4 Å². The van der Waals surface area contributed by atoms with Gasteiger partial charge in [-0.2, -0.15) is 0 Å². The molecular weight excluding hydrogens is 553 g/mol. The first-order valence-electron chi connectivity index (χ1n) is 16.1. The van der Waals surface area contributed by atoms with E-state index in [0.717, 1.165) is 11.1 Å². The summed E-state index contributed by atoms with van der Waals surface area (Å²) >= 11 is 0. The van der Waals surface area contributed by atoms with Crippen LogP contribution in [0.2, 0.25) is 0 Å². The van der Waals surface area contributed by atoms with Gasteiger partial charge in [0.15, 0.2) is 0 Å². The van der Waals surface area contributed by atoms with Gasteiger partial charge in [-0.05, 0) is 127 Å². The van der Waals surface area contributed by atoms with Gasteiger partial charge in [0, 0.05) is 0 Å². The van der Waals surface area contributed by atoms with E-state index in [1.54, 1.807) is 0 Å². The highest BCUT2D eigenvalue weighted by Crippen LogP contribution is 2.48. The quantitative estimate of drug-likeness (QED) is 0.142. The maximum Gasteiger partial charge on any atom is -0.00201 e. The van der Waals surface area contributed by atoms with Crippen LogP contribution in [-0.4, -0.2) is 0 Å². The zero-order valence-corrected chi connectivity index (χ0v) is 27.0. The molecule has 0 aromatic heterocycles. The molecule has 0 saturated heterocycles. The molecule has 46 heavy (non-hydrogen) atoms. The van der Waals surface area contributed by atoms with Gasteiger partial charge in [0.05, 0.1) is 0 Å². The van der Waals surface area contributed by atoms with Crippen LogP contribution < -0.4 is 0 Å². The highest BCUT2D eigenvalue weighted by atomic mass is 14.2. The molecule has 0 aliphatic rings. The van der Waals surface area contributed by atoms with E-state index in [9.17, 15) is 0 Å². The fraction of sp³-hybridized carbons (Fsp3) is 0.0870. The average molecular weight is 589 g/mol. The first-order valence-corrected chi connectivity index (χ1v) is 16.1. The van der Waals surface area contributed by atoms with Crippen molar-refractivity contribution in [3.05, 3.63) is 156 Å². The van der Waals surface area contributed by atoms with Crippen molar-refractivity contribution in [3.8, 4) is 22.3 Å². The summed E-state index contributed by atoms with van der Waals surface area (Å²) in [5, 5.41) is 12.7. The fourth-order valence-electron chi connectivity index (χ4n) is 8.03. The minimum Gasteiger partial charge on any atom is -0.0984 e. The summed E-state index contributed by atoms with van der Waals surface area (Å²) in [6.07, 6.45) is 4.07. The van der Waals surface area contributed by atoms with Gasteiger partial charge < -0.3 is 0 Å². The molecule has 0 atom stereocenters. The van der Waals surface area contributed by atoms with Gasteiger partial charge in [-0.3, -0.25) is 0 Å². The van der Waals surface area contributed by atoms with Crippen molar-refractivity contribution in [2.75, 3.05) is 0 Å². The molecule has 0 aliphatic heterocycles. The topological polar surface area (TPSA) is 0 Å². The largest absolute Gasteiger partial charge is 0.0984 e. The first kappa shape index (κ1) is 28.0. The molecule has 0 heteroatoms. The standard InChI is InChI=1S/C46H36/c1-7-34-35(8-2)45(33-23-29(5)20-30(6)24-33)43-26-41-40(25-42(43)44(34)32-21-27(3)19-28(4)22-32)38-16-12-11-15-37(38)39-18-17-31-13-9-10-14-36(31)46(39)41/h7-26H,1-2H2,3-6H3. The molecule has 8 aromatic carbocycles. The Bertz CT molecular complexity index is 2550. The molecule has 0 bridgehead atoms. The third kappa shape index (κ3) is 4.21. The lowest BCUT2D eigenvalue weighted by molar-refractivity contribution is 1.38. The zero-order valence-electron chi connectivity index (χ0n) is 27.0. The Balaban J connectivity index is 1.70. The third-order valence-electron chi connectivity index (χ3n) is 9.66. The van der Waals surface area contributed by atoms with Crippen LogP contribution in [0.4, 0.5) is 0 Å². The van der Waals surface area contributed by atoms with E-state index in [-0.39, 0.29) is 0 Å². The van der Waals surface area contributed by atoms with Crippen molar-refractivity contribution in [1.82, 2.24) is 0 Å². The number of rotatable bonds is 4. The summed E-state index contributed by atoms with van der Waals surface area (Å²) in [6.45, 7) is 17.5. The maximum atomic E-state index is 4.39. The van der Waals surface area contributed by atoms with Crippen LogP contribution >= 0.6 is 0 Å². The molecule has 0 spiro atoms. The van der Waals surface area contributed by atoms with Crippen molar-refractivity contribution < 1.29 is 0 Å². The van der Waals surface area contributed by atoms with Crippen molar-refractivity contribution >= 4 is 66.0 Å². The van der Waals surface area contributed by atoms with E-state index in [4.69, 9.17) is 0 Å². The van der Waals surface area contributed by atoms with Gasteiger partial charge in [0.1, 0.15) is 0 Å². The maximum absolute atomic E-state index is 4.39. The zero-order chi connectivity index (χ0) is 31.7. The summed E-state index contributed by atoms with van der Waals surface area (Å²) in [4.78, 5) is 0. The lowest BCUT2D eigenvalue weighted by Crippen LogP contribution is -1.98. The second kappa shape index (κ2) is 10.6. The Labute approximate surface area is 270 Å². The Kier molecular flexibility index (Phi) is 6.44. The second-order valence-electron chi connectivity index (χ2n) is 12.9. The van der Waals surface area contributed by atoms with E-state index in [0.29, 0.717) is 0 Å². The van der Waals surface area contributed by atoms with Crippen LogP contribution in [0.5, 0.6) is 0 Å².